The van der Waals surface area contributed by atoms with Gasteiger partial charge in [0.1, 0.15) is 11.9 Å². The second kappa shape index (κ2) is 5.21. The zero-order valence-electron chi connectivity index (χ0n) is 11.7. The minimum atomic E-state index is 0.501. The highest BCUT2D eigenvalue weighted by Crippen LogP contribution is 2.30. The SMILES string of the molecule is CC1CCCCCN1c1nc2c(cc1C#N)CCC2. The summed E-state index contributed by atoms with van der Waals surface area (Å²) >= 11 is 0. The summed E-state index contributed by atoms with van der Waals surface area (Å²) in [6.45, 7) is 3.31. The first kappa shape index (κ1) is 12.5. The number of fused-ring (bicyclic) bond motifs is 1. The maximum absolute atomic E-state index is 9.42. The molecule has 1 saturated heterocycles. The Hall–Kier alpha value is -1.56. The number of nitriles is 1. The number of hydrogen-bond acceptors (Lipinski definition) is 3. The van der Waals surface area contributed by atoms with E-state index in [2.05, 4.69) is 24.0 Å². The van der Waals surface area contributed by atoms with Crippen LogP contribution in [-0.2, 0) is 12.8 Å². The summed E-state index contributed by atoms with van der Waals surface area (Å²) in [4.78, 5) is 7.21. The van der Waals surface area contributed by atoms with Crippen molar-refractivity contribution in [2.75, 3.05) is 11.4 Å². The maximum atomic E-state index is 9.42. The zero-order valence-corrected chi connectivity index (χ0v) is 11.7. The molecule has 19 heavy (non-hydrogen) atoms. The molecular weight excluding hydrogens is 234 g/mol. The molecule has 1 aromatic rings. The van der Waals surface area contributed by atoms with Gasteiger partial charge in [-0.3, -0.25) is 0 Å². The van der Waals surface area contributed by atoms with Crippen molar-refractivity contribution in [3.8, 4) is 6.07 Å². The Bertz CT molecular complexity index is 515. The summed E-state index contributed by atoms with van der Waals surface area (Å²) in [5.74, 6) is 0.942. The second-order valence-electron chi connectivity index (χ2n) is 5.82. The van der Waals surface area contributed by atoms with Crippen LogP contribution in [0.3, 0.4) is 0 Å². The van der Waals surface area contributed by atoms with Gasteiger partial charge in [-0.2, -0.15) is 5.26 Å². The Balaban J connectivity index is 2.01. The first-order valence-corrected chi connectivity index (χ1v) is 7.49. The molecule has 3 heteroatoms. The molecule has 1 unspecified atom stereocenters. The van der Waals surface area contributed by atoms with Crippen LogP contribution >= 0.6 is 0 Å². The van der Waals surface area contributed by atoms with Crippen LogP contribution in [0.2, 0.25) is 0 Å². The number of aromatic nitrogens is 1. The third-order valence-electron chi connectivity index (χ3n) is 4.48. The predicted octanol–water partition coefficient (Wildman–Crippen LogP) is 3.21. The van der Waals surface area contributed by atoms with Gasteiger partial charge in [-0.1, -0.05) is 12.8 Å². The first-order chi connectivity index (χ1) is 9.29. The van der Waals surface area contributed by atoms with Crippen molar-refractivity contribution in [3.63, 3.8) is 0 Å². The van der Waals surface area contributed by atoms with Crippen molar-refractivity contribution < 1.29 is 0 Å². The van der Waals surface area contributed by atoms with E-state index in [9.17, 15) is 5.26 Å². The average Bonchev–Trinajstić information content (AvgIpc) is 2.78. The highest BCUT2D eigenvalue weighted by molar-refractivity contribution is 5.57. The van der Waals surface area contributed by atoms with E-state index < -0.39 is 0 Å². The minimum absolute atomic E-state index is 0.501. The molecular formula is C16H21N3. The lowest BCUT2D eigenvalue weighted by Gasteiger charge is -2.29. The lowest BCUT2D eigenvalue weighted by Crippen LogP contribution is -2.34. The van der Waals surface area contributed by atoms with Crippen LogP contribution in [0.5, 0.6) is 0 Å². The van der Waals surface area contributed by atoms with Gasteiger partial charge in [-0.15, -0.1) is 0 Å². The highest BCUT2D eigenvalue weighted by atomic mass is 15.2. The fourth-order valence-corrected chi connectivity index (χ4v) is 3.35. The monoisotopic (exact) mass is 255 g/mol. The summed E-state index contributed by atoms with van der Waals surface area (Å²) in [6.07, 6.45) is 8.38. The van der Waals surface area contributed by atoms with Gasteiger partial charge < -0.3 is 4.90 Å². The molecule has 1 fully saturated rings. The predicted molar refractivity (Wildman–Crippen MR) is 76.3 cm³/mol. The molecule has 0 amide bonds. The molecule has 0 radical (unpaired) electrons. The van der Waals surface area contributed by atoms with Crippen LogP contribution in [0.15, 0.2) is 6.07 Å². The molecule has 0 N–H and O–H groups in total. The quantitative estimate of drug-likeness (QED) is 0.773. The van der Waals surface area contributed by atoms with Crippen LogP contribution in [0.4, 0.5) is 5.82 Å². The van der Waals surface area contributed by atoms with Gasteiger partial charge >= 0.3 is 0 Å². The van der Waals surface area contributed by atoms with Gasteiger partial charge in [0, 0.05) is 18.3 Å². The normalized spacial score (nSPS) is 22.7. The van der Waals surface area contributed by atoms with Crippen LogP contribution in [0.1, 0.15) is 55.8 Å². The van der Waals surface area contributed by atoms with Gasteiger partial charge in [0.05, 0.1) is 5.56 Å². The number of rotatable bonds is 1. The number of aryl methyl sites for hydroxylation is 2. The molecule has 3 nitrogen and oxygen atoms in total. The lowest BCUT2D eigenvalue weighted by atomic mass is 10.1. The molecule has 1 atom stereocenters. The van der Waals surface area contributed by atoms with Crippen molar-refractivity contribution in [3.05, 3.63) is 22.9 Å². The summed E-state index contributed by atoms with van der Waals surface area (Å²) in [5, 5.41) is 9.42. The molecule has 0 bridgehead atoms. The summed E-state index contributed by atoms with van der Waals surface area (Å²) in [5.41, 5.74) is 3.29. The van der Waals surface area contributed by atoms with Gasteiger partial charge in [-0.25, -0.2) is 4.98 Å². The standard InChI is InChI=1S/C16H21N3/c1-12-6-3-2-4-9-19(12)16-14(11-17)10-13-7-5-8-15(13)18-16/h10,12H,2-9H2,1H3. The molecule has 2 heterocycles. The van der Waals surface area contributed by atoms with Gasteiger partial charge in [-0.05, 0) is 50.7 Å². The van der Waals surface area contributed by atoms with Crippen molar-refractivity contribution in [1.82, 2.24) is 4.98 Å². The molecule has 2 aliphatic rings. The number of pyridine rings is 1. The third kappa shape index (κ3) is 2.32. The van der Waals surface area contributed by atoms with Crippen molar-refractivity contribution in [1.29, 1.82) is 5.26 Å². The van der Waals surface area contributed by atoms with E-state index in [4.69, 9.17) is 4.98 Å². The molecule has 1 aromatic heterocycles. The molecule has 3 rings (SSSR count). The Labute approximate surface area is 115 Å². The molecule has 1 aliphatic carbocycles. The van der Waals surface area contributed by atoms with Crippen LogP contribution in [0.25, 0.3) is 0 Å². The van der Waals surface area contributed by atoms with E-state index >= 15 is 0 Å². The fraction of sp³-hybridized carbons (Fsp3) is 0.625. The lowest BCUT2D eigenvalue weighted by molar-refractivity contribution is 0.610. The topological polar surface area (TPSA) is 39.9 Å². The molecule has 0 saturated carbocycles. The number of anilines is 1. The van der Waals surface area contributed by atoms with Crippen molar-refractivity contribution in [2.24, 2.45) is 0 Å². The Morgan fingerprint density at radius 1 is 1.26 bits per heavy atom. The van der Waals surface area contributed by atoms with Crippen molar-refractivity contribution >= 4 is 5.82 Å². The van der Waals surface area contributed by atoms with E-state index in [-0.39, 0.29) is 0 Å². The Morgan fingerprint density at radius 3 is 3.00 bits per heavy atom. The van der Waals surface area contributed by atoms with Crippen LogP contribution in [-0.4, -0.2) is 17.6 Å². The smallest absolute Gasteiger partial charge is 0.147 e. The van der Waals surface area contributed by atoms with Gasteiger partial charge in [0.2, 0.25) is 0 Å². The average molecular weight is 255 g/mol. The summed E-state index contributed by atoms with van der Waals surface area (Å²) in [6, 6.07) is 4.95. The van der Waals surface area contributed by atoms with E-state index in [0.29, 0.717) is 6.04 Å². The largest absolute Gasteiger partial charge is 0.353 e. The van der Waals surface area contributed by atoms with E-state index in [0.717, 1.165) is 30.8 Å². The van der Waals surface area contributed by atoms with Crippen molar-refractivity contribution in [2.45, 2.75) is 57.9 Å². The summed E-state index contributed by atoms with van der Waals surface area (Å²) < 4.78 is 0. The van der Waals surface area contributed by atoms with E-state index in [1.807, 2.05) is 0 Å². The first-order valence-electron chi connectivity index (χ1n) is 7.49. The third-order valence-corrected chi connectivity index (χ3v) is 4.48. The molecule has 100 valence electrons. The van der Waals surface area contributed by atoms with Gasteiger partial charge in [0.25, 0.3) is 0 Å². The Kier molecular flexibility index (Phi) is 3.42. The molecule has 1 aliphatic heterocycles. The van der Waals surface area contributed by atoms with E-state index in [1.54, 1.807) is 0 Å². The molecule has 0 spiro atoms. The Morgan fingerprint density at radius 2 is 2.16 bits per heavy atom. The number of hydrogen-bond donors (Lipinski definition) is 0. The second-order valence-corrected chi connectivity index (χ2v) is 5.82. The minimum Gasteiger partial charge on any atom is -0.353 e. The summed E-state index contributed by atoms with van der Waals surface area (Å²) in [7, 11) is 0. The highest BCUT2D eigenvalue weighted by Gasteiger charge is 2.24. The van der Waals surface area contributed by atoms with Gasteiger partial charge in [0.15, 0.2) is 0 Å². The number of nitrogens with zero attached hydrogens (tertiary/aromatic N) is 3. The maximum Gasteiger partial charge on any atom is 0.147 e. The fourth-order valence-electron chi connectivity index (χ4n) is 3.35. The van der Waals surface area contributed by atoms with E-state index in [1.165, 1.54) is 43.4 Å². The van der Waals surface area contributed by atoms with Crippen LogP contribution in [0, 0.1) is 11.3 Å². The molecule has 0 aromatic carbocycles. The zero-order chi connectivity index (χ0) is 13.2. The van der Waals surface area contributed by atoms with Crippen LogP contribution < -0.4 is 4.90 Å².